The minimum atomic E-state index is -1.86. The van der Waals surface area contributed by atoms with Crippen molar-refractivity contribution in [3.05, 3.63) is 11.3 Å². The molecule has 0 spiro atoms. The third-order valence-corrected chi connectivity index (χ3v) is 9.50. The number of carbonyl (C=O) groups excluding carboxylic acids is 1. The molecule has 0 aromatic heterocycles. The highest BCUT2D eigenvalue weighted by Gasteiger charge is 2.45. The van der Waals surface area contributed by atoms with E-state index in [2.05, 4.69) is 33.9 Å². The van der Waals surface area contributed by atoms with Crippen LogP contribution in [0.3, 0.4) is 0 Å². The Kier molecular flexibility index (Phi) is 3.69. The predicted octanol–water partition coefficient (Wildman–Crippen LogP) is 3.96. The van der Waals surface area contributed by atoms with Crippen molar-refractivity contribution >= 4 is 14.1 Å². The molecule has 2 aliphatic rings. The normalized spacial score (nSPS) is 28.8. The van der Waals surface area contributed by atoms with E-state index in [4.69, 9.17) is 4.43 Å². The zero-order chi connectivity index (χ0) is 14.4. The fourth-order valence-electron chi connectivity index (χ4n) is 2.82. The van der Waals surface area contributed by atoms with Gasteiger partial charge in [-0.3, -0.25) is 4.79 Å². The molecule has 19 heavy (non-hydrogen) atoms. The van der Waals surface area contributed by atoms with E-state index in [1.807, 2.05) is 0 Å². The predicted molar refractivity (Wildman–Crippen MR) is 78.7 cm³/mol. The van der Waals surface area contributed by atoms with Crippen molar-refractivity contribution in [2.45, 2.75) is 70.7 Å². The number of aliphatic hydroxyl groups excluding tert-OH is 1. The molecule has 0 saturated heterocycles. The summed E-state index contributed by atoms with van der Waals surface area (Å²) >= 11 is 0. The van der Waals surface area contributed by atoms with Crippen LogP contribution in [0.2, 0.25) is 18.1 Å². The van der Waals surface area contributed by atoms with Gasteiger partial charge in [-0.05, 0) is 43.3 Å². The molecule has 1 N–H and O–H groups in total. The molecule has 0 aliphatic heterocycles. The van der Waals surface area contributed by atoms with Crippen LogP contribution in [0.25, 0.3) is 0 Å². The lowest BCUT2D eigenvalue weighted by Crippen LogP contribution is -2.45. The van der Waals surface area contributed by atoms with Crippen LogP contribution in [0.15, 0.2) is 11.3 Å². The Balaban J connectivity index is 2.23. The molecule has 0 bridgehead atoms. The second-order valence-electron chi connectivity index (χ2n) is 7.43. The molecule has 0 amide bonds. The summed E-state index contributed by atoms with van der Waals surface area (Å²) in [5, 5.41) is 10.2. The number of allylic oxidation sites excluding steroid dienone is 1. The first-order chi connectivity index (χ1) is 8.63. The molecule has 3 nitrogen and oxygen atoms in total. The summed E-state index contributed by atoms with van der Waals surface area (Å²) in [6, 6.07) is 0. The summed E-state index contributed by atoms with van der Waals surface area (Å²) in [6.07, 6.45) is 3.50. The van der Waals surface area contributed by atoms with Gasteiger partial charge in [0.25, 0.3) is 0 Å². The minimum absolute atomic E-state index is 0.00779. The molecule has 0 unspecified atom stereocenters. The monoisotopic (exact) mass is 282 g/mol. The molecule has 1 saturated carbocycles. The van der Waals surface area contributed by atoms with Gasteiger partial charge >= 0.3 is 0 Å². The zero-order valence-corrected chi connectivity index (χ0v) is 13.7. The summed E-state index contributed by atoms with van der Waals surface area (Å²) in [5.41, 5.74) is 0.904. The molecule has 0 aromatic carbocycles. The molecule has 2 atom stereocenters. The maximum absolute atomic E-state index is 11.7. The van der Waals surface area contributed by atoms with Crippen LogP contribution in [-0.4, -0.2) is 25.3 Å². The summed E-state index contributed by atoms with van der Waals surface area (Å²) in [7, 11) is -1.86. The van der Waals surface area contributed by atoms with Gasteiger partial charge in [-0.1, -0.05) is 20.8 Å². The third-order valence-electron chi connectivity index (χ3n) is 5.02. The summed E-state index contributed by atoms with van der Waals surface area (Å²) in [5.74, 6) is 0.148. The standard InChI is InChI=1S/C15H26O3Si/c1-15(2,3)19(4,5)18-12-8-6-7-10-9-11(16)14(17)13(10)12/h10,12,17H,6-9H2,1-5H3/t10-,12+/m0/s1. The Morgan fingerprint density at radius 3 is 2.47 bits per heavy atom. The van der Waals surface area contributed by atoms with Gasteiger partial charge in [0, 0.05) is 12.0 Å². The topological polar surface area (TPSA) is 46.5 Å². The maximum atomic E-state index is 11.7. The fraction of sp³-hybridized carbons (Fsp3) is 0.800. The molecule has 108 valence electrons. The van der Waals surface area contributed by atoms with Crippen LogP contribution in [0, 0.1) is 5.92 Å². The Bertz CT molecular complexity index is 418. The molecule has 0 aromatic rings. The van der Waals surface area contributed by atoms with Crippen molar-refractivity contribution in [1.29, 1.82) is 0 Å². The second-order valence-corrected chi connectivity index (χ2v) is 12.2. The van der Waals surface area contributed by atoms with Gasteiger partial charge in [0.1, 0.15) is 0 Å². The van der Waals surface area contributed by atoms with Gasteiger partial charge in [0.05, 0.1) is 6.10 Å². The first-order valence-electron chi connectivity index (χ1n) is 7.27. The highest BCUT2D eigenvalue weighted by molar-refractivity contribution is 6.74. The van der Waals surface area contributed by atoms with Crippen molar-refractivity contribution in [2.75, 3.05) is 0 Å². The number of Topliss-reactive ketones (excluding diaryl/α,β-unsaturated/α-hetero) is 1. The summed E-state index contributed by atoms with van der Waals surface area (Å²) in [6.45, 7) is 11.1. The van der Waals surface area contributed by atoms with Crippen molar-refractivity contribution in [2.24, 2.45) is 5.92 Å². The first-order valence-corrected chi connectivity index (χ1v) is 10.2. The van der Waals surface area contributed by atoms with E-state index in [0.717, 1.165) is 24.8 Å². The molecule has 4 heteroatoms. The van der Waals surface area contributed by atoms with E-state index in [9.17, 15) is 9.90 Å². The lowest BCUT2D eigenvalue weighted by atomic mass is 9.84. The molecule has 2 rings (SSSR count). The minimum Gasteiger partial charge on any atom is -0.504 e. The molecular weight excluding hydrogens is 256 g/mol. The van der Waals surface area contributed by atoms with Gasteiger partial charge in [-0.2, -0.15) is 0 Å². The average molecular weight is 282 g/mol. The molecular formula is C15H26O3Si. The van der Waals surface area contributed by atoms with Crippen molar-refractivity contribution in [3.8, 4) is 0 Å². The number of fused-ring (bicyclic) bond motifs is 1. The second kappa shape index (κ2) is 4.74. The number of hydrogen-bond donors (Lipinski definition) is 1. The maximum Gasteiger partial charge on any atom is 0.197 e. The Hall–Kier alpha value is -0.613. The largest absolute Gasteiger partial charge is 0.504 e. The lowest BCUT2D eigenvalue weighted by molar-refractivity contribution is -0.117. The zero-order valence-electron chi connectivity index (χ0n) is 12.7. The van der Waals surface area contributed by atoms with Crippen LogP contribution in [0.4, 0.5) is 0 Å². The number of ketones is 1. The lowest BCUT2D eigenvalue weighted by Gasteiger charge is -2.41. The van der Waals surface area contributed by atoms with E-state index in [0.29, 0.717) is 6.42 Å². The highest BCUT2D eigenvalue weighted by Crippen LogP contribution is 2.44. The number of rotatable bonds is 2. The number of carbonyl (C=O) groups is 1. The van der Waals surface area contributed by atoms with Gasteiger partial charge in [-0.25, -0.2) is 0 Å². The first kappa shape index (κ1) is 14.8. The third kappa shape index (κ3) is 2.65. The van der Waals surface area contributed by atoms with E-state index < -0.39 is 8.32 Å². The molecule has 0 heterocycles. The Morgan fingerprint density at radius 2 is 1.89 bits per heavy atom. The SMILES string of the molecule is CC(C)(C)[Si](C)(C)O[C@@H]1CCC[C@H]2CC(=O)C(O)=C21. The van der Waals surface area contributed by atoms with Crippen LogP contribution in [0.1, 0.15) is 46.5 Å². The van der Waals surface area contributed by atoms with Crippen molar-refractivity contribution in [3.63, 3.8) is 0 Å². The Labute approximate surface area is 117 Å². The quantitative estimate of drug-likeness (QED) is 0.780. The van der Waals surface area contributed by atoms with E-state index in [1.54, 1.807) is 0 Å². The smallest absolute Gasteiger partial charge is 0.197 e. The fourth-order valence-corrected chi connectivity index (χ4v) is 4.13. The Morgan fingerprint density at radius 1 is 1.26 bits per heavy atom. The highest BCUT2D eigenvalue weighted by atomic mass is 28.4. The van der Waals surface area contributed by atoms with Gasteiger partial charge in [0.2, 0.25) is 0 Å². The van der Waals surface area contributed by atoms with Crippen LogP contribution < -0.4 is 0 Å². The molecule has 0 radical (unpaired) electrons. The van der Waals surface area contributed by atoms with Crippen molar-refractivity contribution in [1.82, 2.24) is 0 Å². The molecule has 1 fully saturated rings. The molecule has 2 aliphatic carbocycles. The average Bonchev–Trinajstić information content (AvgIpc) is 2.54. The van der Waals surface area contributed by atoms with E-state index >= 15 is 0 Å². The van der Waals surface area contributed by atoms with Crippen LogP contribution in [0.5, 0.6) is 0 Å². The van der Waals surface area contributed by atoms with E-state index in [1.165, 1.54) is 0 Å². The number of aliphatic hydroxyl groups is 1. The summed E-state index contributed by atoms with van der Waals surface area (Å²) in [4.78, 5) is 11.7. The summed E-state index contributed by atoms with van der Waals surface area (Å²) < 4.78 is 6.44. The van der Waals surface area contributed by atoms with Gasteiger partial charge in [0.15, 0.2) is 19.9 Å². The number of hydrogen-bond acceptors (Lipinski definition) is 3. The van der Waals surface area contributed by atoms with Crippen LogP contribution >= 0.6 is 0 Å². The van der Waals surface area contributed by atoms with E-state index in [-0.39, 0.29) is 28.6 Å². The van der Waals surface area contributed by atoms with Crippen LogP contribution in [-0.2, 0) is 9.22 Å². The van der Waals surface area contributed by atoms with Crippen molar-refractivity contribution < 1.29 is 14.3 Å². The van der Waals surface area contributed by atoms with Gasteiger partial charge in [-0.15, -0.1) is 0 Å². The van der Waals surface area contributed by atoms with Gasteiger partial charge < -0.3 is 9.53 Å².